The van der Waals surface area contributed by atoms with Crippen molar-refractivity contribution in [2.45, 2.75) is 26.0 Å². The Hall–Kier alpha value is -1.39. The number of nitrogens with zero attached hydrogens (tertiary/aromatic N) is 1. The van der Waals surface area contributed by atoms with E-state index in [1.165, 1.54) is 6.07 Å². The molecule has 0 radical (unpaired) electrons. The van der Waals surface area contributed by atoms with Crippen LogP contribution in [-0.4, -0.2) is 12.2 Å². The lowest BCUT2D eigenvalue weighted by Crippen LogP contribution is -2.23. The third-order valence-electron chi connectivity index (χ3n) is 3.77. The average Bonchev–Trinajstić information content (AvgIpc) is 2.46. The number of benzene rings is 2. The van der Waals surface area contributed by atoms with E-state index in [-0.39, 0.29) is 11.9 Å². The molecule has 2 atom stereocenters. The van der Waals surface area contributed by atoms with E-state index in [1.807, 2.05) is 43.1 Å². The van der Waals surface area contributed by atoms with Crippen molar-refractivity contribution in [2.24, 2.45) is 0 Å². The number of aliphatic hydroxyl groups excluding tert-OH is 1. The van der Waals surface area contributed by atoms with Gasteiger partial charge in [-0.3, -0.25) is 0 Å². The van der Waals surface area contributed by atoms with Crippen LogP contribution in [0.3, 0.4) is 0 Å². The van der Waals surface area contributed by atoms with Gasteiger partial charge >= 0.3 is 0 Å². The van der Waals surface area contributed by atoms with Crippen LogP contribution in [0, 0.1) is 5.82 Å². The summed E-state index contributed by atoms with van der Waals surface area (Å²) in [5, 5.41) is 9.62. The van der Waals surface area contributed by atoms with E-state index in [1.54, 1.807) is 19.1 Å². The highest BCUT2D eigenvalue weighted by Gasteiger charge is 2.18. The molecule has 4 heteroatoms. The summed E-state index contributed by atoms with van der Waals surface area (Å²) in [6.07, 6.45) is -0.510. The maximum absolute atomic E-state index is 13.9. The van der Waals surface area contributed by atoms with Crippen LogP contribution in [-0.2, 0) is 0 Å². The Labute approximate surface area is 133 Å². The second-order valence-electron chi connectivity index (χ2n) is 5.20. The van der Waals surface area contributed by atoms with Gasteiger partial charge in [0, 0.05) is 17.1 Å². The van der Waals surface area contributed by atoms with Gasteiger partial charge in [-0.05, 0) is 53.5 Å². The maximum atomic E-state index is 13.9. The minimum absolute atomic E-state index is 0.0973. The van der Waals surface area contributed by atoms with Gasteiger partial charge in [-0.1, -0.05) is 24.3 Å². The predicted molar refractivity (Wildman–Crippen MR) is 88.0 cm³/mol. The Morgan fingerprint density at radius 3 is 2.38 bits per heavy atom. The minimum atomic E-state index is -0.510. The van der Waals surface area contributed by atoms with Gasteiger partial charge in [0.15, 0.2) is 0 Å². The number of hydrogen-bond donors (Lipinski definition) is 1. The molecule has 2 aromatic carbocycles. The Morgan fingerprint density at radius 1 is 1.14 bits per heavy atom. The van der Waals surface area contributed by atoms with E-state index < -0.39 is 6.10 Å². The first-order valence-corrected chi connectivity index (χ1v) is 7.66. The van der Waals surface area contributed by atoms with Crippen LogP contribution in [0.25, 0.3) is 0 Å². The highest BCUT2D eigenvalue weighted by molar-refractivity contribution is 9.10. The summed E-state index contributed by atoms with van der Waals surface area (Å²) >= 11 is 3.53. The van der Waals surface area contributed by atoms with Gasteiger partial charge < -0.3 is 10.0 Å². The molecule has 0 aliphatic rings. The number of hydrogen-bond acceptors (Lipinski definition) is 2. The molecule has 0 aliphatic carbocycles. The fourth-order valence-corrected chi connectivity index (χ4v) is 2.98. The van der Waals surface area contributed by atoms with Crippen LogP contribution in [0.15, 0.2) is 46.9 Å². The molecule has 0 heterocycles. The lowest BCUT2D eigenvalue weighted by molar-refractivity contribution is 0.199. The average molecular weight is 352 g/mol. The summed E-state index contributed by atoms with van der Waals surface area (Å²) in [6.45, 7) is 3.70. The van der Waals surface area contributed by atoms with Crippen molar-refractivity contribution in [3.63, 3.8) is 0 Å². The van der Waals surface area contributed by atoms with Gasteiger partial charge in [-0.15, -0.1) is 0 Å². The SMILES string of the molecule is CC(c1ccccc1F)N(C)c1ccc([C@H](C)O)cc1Br. The Balaban J connectivity index is 2.32. The van der Waals surface area contributed by atoms with Crippen molar-refractivity contribution in [1.82, 2.24) is 0 Å². The Morgan fingerprint density at radius 2 is 1.81 bits per heavy atom. The maximum Gasteiger partial charge on any atom is 0.128 e. The van der Waals surface area contributed by atoms with Crippen LogP contribution in [0.5, 0.6) is 0 Å². The smallest absolute Gasteiger partial charge is 0.128 e. The van der Waals surface area contributed by atoms with Crippen molar-refractivity contribution < 1.29 is 9.50 Å². The van der Waals surface area contributed by atoms with Crippen LogP contribution in [0.2, 0.25) is 0 Å². The van der Waals surface area contributed by atoms with Crippen molar-refractivity contribution in [2.75, 3.05) is 11.9 Å². The zero-order valence-corrected chi connectivity index (χ0v) is 13.9. The molecular formula is C17H19BrFNO. The van der Waals surface area contributed by atoms with Gasteiger partial charge in [0.1, 0.15) is 5.82 Å². The number of rotatable bonds is 4. The van der Waals surface area contributed by atoms with E-state index in [0.717, 1.165) is 15.7 Å². The highest BCUT2D eigenvalue weighted by Crippen LogP contribution is 2.34. The number of anilines is 1. The molecule has 0 saturated carbocycles. The molecule has 0 saturated heterocycles. The van der Waals surface area contributed by atoms with E-state index in [0.29, 0.717) is 5.56 Å². The molecular weight excluding hydrogens is 333 g/mol. The van der Waals surface area contributed by atoms with Gasteiger partial charge in [-0.25, -0.2) is 4.39 Å². The van der Waals surface area contributed by atoms with Crippen molar-refractivity contribution in [3.8, 4) is 0 Å². The van der Waals surface area contributed by atoms with Crippen LogP contribution in [0.1, 0.15) is 37.1 Å². The molecule has 1 N–H and O–H groups in total. The molecule has 1 unspecified atom stereocenters. The lowest BCUT2D eigenvalue weighted by atomic mass is 10.1. The topological polar surface area (TPSA) is 23.5 Å². The molecule has 2 aromatic rings. The molecule has 112 valence electrons. The van der Waals surface area contributed by atoms with Gasteiger partial charge in [0.25, 0.3) is 0 Å². The summed E-state index contributed by atoms with van der Waals surface area (Å²) < 4.78 is 14.8. The largest absolute Gasteiger partial charge is 0.389 e. The molecule has 0 aromatic heterocycles. The second kappa shape index (κ2) is 6.58. The molecule has 0 spiro atoms. The van der Waals surface area contributed by atoms with Crippen LogP contribution < -0.4 is 4.90 Å². The molecule has 0 aliphatic heterocycles. The normalized spacial score (nSPS) is 13.8. The minimum Gasteiger partial charge on any atom is -0.389 e. The lowest BCUT2D eigenvalue weighted by Gasteiger charge is -2.29. The second-order valence-corrected chi connectivity index (χ2v) is 6.05. The van der Waals surface area contributed by atoms with Crippen LogP contribution >= 0.6 is 15.9 Å². The summed E-state index contributed by atoms with van der Waals surface area (Å²) in [5.41, 5.74) is 2.46. The van der Waals surface area contributed by atoms with E-state index >= 15 is 0 Å². The molecule has 2 rings (SSSR count). The summed E-state index contributed by atoms with van der Waals surface area (Å²) in [6, 6.07) is 12.4. The quantitative estimate of drug-likeness (QED) is 0.851. The molecule has 0 amide bonds. The summed E-state index contributed by atoms with van der Waals surface area (Å²) in [4.78, 5) is 2.01. The third-order valence-corrected chi connectivity index (χ3v) is 4.41. The molecule has 2 nitrogen and oxygen atoms in total. The first kappa shape index (κ1) is 16.0. The van der Waals surface area contributed by atoms with Crippen molar-refractivity contribution in [1.29, 1.82) is 0 Å². The Bertz CT molecular complexity index is 630. The first-order chi connectivity index (χ1) is 9.91. The monoisotopic (exact) mass is 351 g/mol. The van der Waals surface area contributed by atoms with Crippen LogP contribution in [0.4, 0.5) is 10.1 Å². The van der Waals surface area contributed by atoms with Crippen molar-refractivity contribution >= 4 is 21.6 Å². The predicted octanol–water partition coefficient (Wildman–Crippen LogP) is 4.84. The third kappa shape index (κ3) is 3.44. The van der Waals surface area contributed by atoms with Gasteiger partial charge in [0.2, 0.25) is 0 Å². The van der Waals surface area contributed by atoms with E-state index in [2.05, 4.69) is 15.9 Å². The zero-order valence-electron chi connectivity index (χ0n) is 12.3. The summed E-state index contributed by atoms with van der Waals surface area (Å²) in [7, 11) is 1.93. The zero-order chi connectivity index (χ0) is 15.6. The fourth-order valence-electron chi connectivity index (χ4n) is 2.30. The van der Waals surface area contributed by atoms with Gasteiger partial charge in [0.05, 0.1) is 17.8 Å². The number of halogens is 2. The highest BCUT2D eigenvalue weighted by atomic mass is 79.9. The summed E-state index contributed by atoms with van der Waals surface area (Å²) in [5.74, 6) is -0.200. The van der Waals surface area contributed by atoms with E-state index in [4.69, 9.17) is 0 Å². The number of aliphatic hydroxyl groups is 1. The van der Waals surface area contributed by atoms with E-state index in [9.17, 15) is 9.50 Å². The standard InChI is InChI=1S/C17H19BrFNO/c1-11(14-6-4-5-7-16(14)19)20(3)17-9-8-13(12(2)21)10-15(17)18/h4-12,21H,1-3H3/t11?,12-/m0/s1. The molecule has 0 bridgehead atoms. The van der Waals surface area contributed by atoms with Gasteiger partial charge in [-0.2, -0.15) is 0 Å². The fraction of sp³-hybridized carbons (Fsp3) is 0.294. The Kier molecular flexibility index (Phi) is 5.01. The van der Waals surface area contributed by atoms with Crippen molar-refractivity contribution in [3.05, 3.63) is 63.9 Å². The molecule has 21 heavy (non-hydrogen) atoms. The first-order valence-electron chi connectivity index (χ1n) is 6.86. The molecule has 0 fully saturated rings.